The van der Waals surface area contributed by atoms with Crippen LogP contribution in [0.5, 0.6) is 0 Å². The van der Waals surface area contributed by atoms with E-state index in [-0.39, 0.29) is 0 Å². The first kappa shape index (κ1) is 15.0. The highest BCUT2D eigenvalue weighted by molar-refractivity contribution is 6.39. The second-order valence-corrected chi connectivity index (χ2v) is 6.19. The van der Waals surface area contributed by atoms with E-state index < -0.39 is 0 Å². The minimum Gasteiger partial charge on any atom is -0.380 e. The molecule has 0 saturated carbocycles. The molecule has 2 N–H and O–H groups in total. The van der Waals surface area contributed by atoms with Gasteiger partial charge in [0.1, 0.15) is 0 Å². The van der Waals surface area contributed by atoms with Gasteiger partial charge in [0.05, 0.1) is 15.7 Å². The molecule has 0 radical (unpaired) electrons. The number of hydrogen-bond donors (Lipinski definition) is 2. The van der Waals surface area contributed by atoms with Crippen molar-refractivity contribution >= 4 is 28.9 Å². The van der Waals surface area contributed by atoms with Gasteiger partial charge in [0.2, 0.25) is 0 Å². The van der Waals surface area contributed by atoms with E-state index >= 15 is 0 Å². The molecule has 1 aliphatic heterocycles. The highest BCUT2D eigenvalue weighted by atomic mass is 35.5. The maximum absolute atomic E-state index is 6.18. The molecule has 0 spiro atoms. The first-order valence-electron chi connectivity index (χ1n) is 7.10. The SMILES string of the molecule is CC(CC1CCCCCN1)Nc1c(Cl)cccc1Cl. The van der Waals surface area contributed by atoms with E-state index in [2.05, 4.69) is 17.6 Å². The molecule has 2 rings (SSSR count). The van der Waals surface area contributed by atoms with Crippen molar-refractivity contribution in [2.24, 2.45) is 0 Å². The molecular formula is C15H22Cl2N2. The molecule has 1 aromatic rings. The number of anilines is 1. The highest BCUT2D eigenvalue weighted by Gasteiger charge is 2.16. The fourth-order valence-electron chi connectivity index (χ4n) is 2.67. The number of benzene rings is 1. The van der Waals surface area contributed by atoms with Gasteiger partial charge in [-0.2, -0.15) is 0 Å². The Labute approximate surface area is 125 Å². The largest absolute Gasteiger partial charge is 0.380 e. The van der Waals surface area contributed by atoms with Gasteiger partial charge in [-0.05, 0) is 44.9 Å². The van der Waals surface area contributed by atoms with Crippen molar-refractivity contribution in [3.05, 3.63) is 28.2 Å². The van der Waals surface area contributed by atoms with Crippen LogP contribution in [0.1, 0.15) is 39.0 Å². The summed E-state index contributed by atoms with van der Waals surface area (Å²) in [4.78, 5) is 0. The molecule has 1 aromatic carbocycles. The minimum atomic E-state index is 0.355. The van der Waals surface area contributed by atoms with Gasteiger partial charge in [-0.15, -0.1) is 0 Å². The Balaban J connectivity index is 1.91. The van der Waals surface area contributed by atoms with Crippen LogP contribution in [0, 0.1) is 0 Å². The van der Waals surface area contributed by atoms with Crippen molar-refractivity contribution in [2.75, 3.05) is 11.9 Å². The van der Waals surface area contributed by atoms with Crippen molar-refractivity contribution in [3.8, 4) is 0 Å². The summed E-state index contributed by atoms with van der Waals surface area (Å²) in [5.41, 5.74) is 0.854. The fraction of sp³-hybridized carbons (Fsp3) is 0.600. The predicted octanol–water partition coefficient (Wildman–Crippen LogP) is 4.72. The average Bonchev–Trinajstić information content (AvgIpc) is 2.63. The zero-order valence-corrected chi connectivity index (χ0v) is 12.9. The monoisotopic (exact) mass is 300 g/mol. The Hall–Kier alpha value is -0.440. The standard InChI is InChI=1S/C15H22Cl2N2/c1-11(10-12-6-3-2-4-9-18-12)19-15-13(16)7-5-8-14(15)17/h5,7-8,11-12,18-19H,2-4,6,9-10H2,1H3. The first-order chi connectivity index (χ1) is 9.16. The van der Waals surface area contributed by atoms with Crippen LogP contribution < -0.4 is 10.6 Å². The third kappa shape index (κ3) is 4.55. The van der Waals surface area contributed by atoms with Gasteiger partial charge in [-0.3, -0.25) is 0 Å². The van der Waals surface area contributed by atoms with Crippen LogP contribution in [0.4, 0.5) is 5.69 Å². The van der Waals surface area contributed by atoms with E-state index in [0.29, 0.717) is 22.1 Å². The lowest BCUT2D eigenvalue weighted by Gasteiger charge is -2.23. The van der Waals surface area contributed by atoms with Gasteiger partial charge in [0.25, 0.3) is 0 Å². The van der Waals surface area contributed by atoms with E-state index in [9.17, 15) is 0 Å². The molecule has 106 valence electrons. The molecule has 2 atom stereocenters. The summed E-state index contributed by atoms with van der Waals surface area (Å²) >= 11 is 12.4. The Bertz CT molecular complexity index is 381. The molecule has 2 unspecified atom stereocenters. The van der Waals surface area contributed by atoms with E-state index in [1.807, 2.05) is 18.2 Å². The fourth-order valence-corrected chi connectivity index (χ4v) is 3.18. The van der Waals surface area contributed by atoms with Crippen LogP contribution in [-0.2, 0) is 0 Å². The second kappa shape index (κ2) is 7.37. The van der Waals surface area contributed by atoms with Gasteiger partial charge < -0.3 is 10.6 Å². The Morgan fingerprint density at radius 2 is 2.00 bits per heavy atom. The smallest absolute Gasteiger partial charge is 0.0720 e. The van der Waals surface area contributed by atoms with Crippen LogP contribution in [0.3, 0.4) is 0 Å². The zero-order chi connectivity index (χ0) is 13.7. The summed E-state index contributed by atoms with van der Waals surface area (Å²) in [5.74, 6) is 0. The molecule has 0 bridgehead atoms. The second-order valence-electron chi connectivity index (χ2n) is 5.38. The average molecular weight is 301 g/mol. The summed E-state index contributed by atoms with van der Waals surface area (Å²) in [7, 11) is 0. The summed E-state index contributed by atoms with van der Waals surface area (Å²) in [5, 5.41) is 8.44. The van der Waals surface area contributed by atoms with Gasteiger partial charge in [-0.25, -0.2) is 0 Å². The highest BCUT2D eigenvalue weighted by Crippen LogP contribution is 2.30. The number of halogens is 2. The topological polar surface area (TPSA) is 24.1 Å². The van der Waals surface area contributed by atoms with E-state index in [4.69, 9.17) is 23.2 Å². The molecule has 0 amide bonds. The Morgan fingerprint density at radius 1 is 1.26 bits per heavy atom. The van der Waals surface area contributed by atoms with E-state index in [1.54, 1.807) is 0 Å². The number of rotatable bonds is 4. The van der Waals surface area contributed by atoms with Crippen LogP contribution in [0.25, 0.3) is 0 Å². The van der Waals surface area contributed by atoms with Crippen molar-refractivity contribution in [2.45, 2.75) is 51.1 Å². The molecule has 4 heteroatoms. The molecule has 19 heavy (non-hydrogen) atoms. The molecule has 0 aliphatic carbocycles. The number of para-hydroxylation sites is 1. The summed E-state index contributed by atoms with van der Waals surface area (Å²) in [6, 6.07) is 6.56. The van der Waals surface area contributed by atoms with Crippen molar-refractivity contribution in [1.29, 1.82) is 0 Å². The first-order valence-corrected chi connectivity index (χ1v) is 7.86. The Morgan fingerprint density at radius 3 is 2.74 bits per heavy atom. The van der Waals surface area contributed by atoms with Crippen LogP contribution in [-0.4, -0.2) is 18.6 Å². The maximum atomic E-state index is 6.18. The number of nitrogens with one attached hydrogen (secondary N) is 2. The normalized spacial score (nSPS) is 21.7. The van der Waals surface area contributed by atoms with Crippen molar-refractivity contribution < 1.29 is 0 Å². The molecule has 1 heterocycles. The lowest BCUT2D eigenvalue weighted by molar-refractivity contribution is 0.456. The van der Waals surface area contributed by atoms with Gasteiger partial charge in [0.15, 0.2) is 0 Å². The summed E-state index contributed by atoms with van der Waals surface area (Å²) in [6.07, 6.45) is 6.34. The number of hydrogen-bond acceptors (Lipinski definition) is 2. The molecule has 1 saturated heterocycles. The lowest BCUT2D eigenvalue weighted by atomic mass is 10.0. The maximum Gasteiger partial charge on any atom is 0.0720 e. The van der Waals surface area contributed by atoms with Gasteiger partial charge in [0, 0.05) is 12.1 Å². The van der Waals surface area contributed by atoms with Gasteiger partial charge >= 0.3 is 0 Å². The van der Waals surface area contributed by atoms with Crippen molar-refractivity contribution in [3.63, 3.8) is 0 Å². The van der Waals surface area contributed by atoms with Crippen LogP contribution in [0.15, 0.2) is 18.2 Å². The molecule has 0 aromatic heterocycles. The zero-order valence-electron chi connectivity index (χ0n) is 11.4. The minimum absolute atomic E-state index is 0.355. The molecule has 2 nitrogen and oxygen atoms in total. The van der Waals surface area contributed by atoms with Crippen molar-refractivity contribution in [1.82, 2.24) is 5.32 Å². The quantitative estimate of drug-likeness (QED) is 0.841. The van der Waals surface area contributed by atoms with Crippen LogP contribution >= 0.6 is 23.2 Å². The Kier molecular flexibility index (Phi) is 5.80. The third-order valence-electron chi connectivity index (χ3n) is 3.65. The van der Waals surface area contributed by atoms with Crippen LogP contribution in [0.2, 0.25) is 10.0 Å². The van der Waals surface area contributed by atoms with E-state index in [0.717, 1.165) is 18.7 Å². The molecule has 1 fully saturated rings. The van der Waals surface area contributed by atoms with Gasteiger partial charge in [-0.1, -0.05) is 42.1 Å². The summed E-state index contributed by atoms with van der Waals surface area (Å²) in [6.45, 7) is 3.33. The molecular weight excluding hydrogens is 279 g/mol. The van der Waals surface area contributed by atoms with E-state index in [1.165, 1.54) is 25.7 Å². The predicted molar refractivity (Wildman–Crippen MR) is 84.4 cm³/mol. The lowest BCUT2D eigenvalue weighted by Crippen LogP contribution is -2.33. The third-order valence-corrected chi connectivity index (χ3v) is 4.28. The molecule has 1 aliphatic rings. The summed E-state index contributed by atoms with van der Waals surface area (Å²) < 4.78 is 0.